The lowest BCUT2D eigenvalue weighted by Crippen LogP contribution is -2.69. The molecule has 2 saturated heterocycles. The molecule has 2 amide bonds. The first-order valence-corrected chi connectivity index (χ1v) is 26.6. The van der Waals surface area contributed by atoms with Crippen molar-refractivity contribution < 1.29 is 87.8 Å². The third-order valence-corrected chi connectivity index (χ3v) is 20.1. The summed E-state index contributed by atoms with van der Waals surface area (Å²) in [6.45, 7) is 21.5. The molecule has 7 rings (SSSR count). The lowest BCUT2D eigenvalue weighted by Gasteiger charge is -2.70. The topological polar surface area (TPSA) is 303 Å². The number of aliphatic hydroxyl groups is 5. The van der Waals surface area contributed by atoms with E-state index in [1.807, 2.05) is 26.8 Å². The number of rotatable bonds is 13. The van der Waals surface area contributed by atoms with Crippen LogP contribution < -0.4 is 10.6 Å². The summed E-state index contributed by atoms with van der Waals surface area (Å²) in [5.41, 5.74) is -2.07. The fourth-order valence-corrected chi connectivity index (χ4v) is 15.1. The minimum atomic E-state index is -2.08. The molecular weight excluding hydrogens is 965 g/mol. The number of hydrogen-bond acceptors (Lipinski definition) is 17. The van der Waals surface area contributed by atoms with Crippen LogP contribution in [0.4, 0.5) is 0 Å². The lowest BCUT2D eigenvalue weighted by molar-refractivity contribution is -0.369. The molecule has 2 heterocycles. The van der Waals surface area contributed by atoms with Crippen LogP contribution in [0.2, 0.25) is 0 Å². The summed E-state index contributed by atoms with van der Waals surface area (Å²) < 4.78 is 34.9. The minimum Gasteiger partial charge on any atom is -0.481 e. The number of fused-ring (bicyclic) bond motifs is 7. The van der Waals surface area contributed by atoms with Gasteiger partial charge in [-0.1, -0.05) is 74.8 Å². The standard InChI is InChI=1S/C54H84N2O18/c1-24(2)31(44(65)69-12)55-42(63)38-34(59)33(58)37(62)46(72-38)74-40-36(61)35(60)39(43(64)56-32(25(3)4)45(66)70-13)73-47(40)71-30-15-16-52(9)29(49(30,5)6)14-17-54(11)41(52)28(57)22-26-27-23-51(8,48(67)68)19-18-50(27,7)20-21-53(26,54)10/h22,24-25,27,29-41,46-47,58-62H,14-21,23H2,1-13H3,(H,55,63)(H,56,64)(H,67,68)/t27-,29-,30-,31-,32-,33-,34-,35-,36-,37+,38-,39-,40+,41+,46-,47+,50+,51-,52-,53+,54+/m0/s1. The van der Waals surface area contributed by atoms with Gasteiger partial charge in [-0.25, -0.2) is 9.59 Å². The van der Waals surface area contributed by atoms with Crippen LogP contribution in [0.1, 0.15) is 134 Å². The Morgan fingerprint density at radius 3 is 1.72 bits per heavy atom. The monoisotopic (exact) mass is 1050 g/mol. The number of aliphatic carboxylic acids is 1. The number of carboxylic acids is 1. The van der Waals surface area contributed by atoms with Gasteiger partial charge in [0.25, 0.3) is 11.8 Å². The van der Waals surface area contributed by atoms with Gasteiger partial charge in [0.1, 0.15) is 48.7 Å². The van der Waals surface area contributed by atoms with Crippen LogP contribution in [0.5, 0.6) is 0 Å². The van der Waals surface area contributed by atoms with Crippen molar-refractivity contribution in [2.45, 2.75) is 214 Å². The maximum atomic E-state index is 15.1. The van der Waals surface area contributed by atoms with E-state index < -0.39 is 149 Å². The molecule has 0 spiro atoms. The van der Waals surface area contributed by atoms with Crippen LogP contribution in [0.15, 0.2) is 11.6 Å². The van der Waals surface area contributed by atoms with Gasteiger partial charge >= 0.3 is 17.9 Å². The number of carbonyl (C=O) groups excluding carboxylic acids is 5. The molecule has 20 nitrogen and oxygen atoms in total. The number of methoxy groups -OCH3 is 2. The highest BCUT2D eigenvalue weighted by Gasteiger charge is 2.71. The van der Waals surface area contributed by atoms with Gasteiger partial charge in [0.05, 0.1) is 25.7 Å². The normalized spacial score (nSPS) is 44.5. The molecule has 6 fully saturated rings. The number of allylic oxidation sites excluding steroid dienone is 2. The summed E-state index contributed by atoms with van der Waals surface area (Å²) in [5, 5.41) is 72.3. The van der Waals surface area contributed by atoms with Crippen molar-refractivity contribution in [2.75, 3.05) is 14.2 Å². The summed E-state index contributed by atoms with van der Waals surface area (Å²) in [6, 6.07) is -2.38. The predicted octanol–water partition coefficient (Wildman–Crippen LogP) is 2.70. The SMILES string of the molecule is COC(=O)[C@@H](NC(=O)[C@H]1O[C@@H](O[C@H]2[C@H](O[C@H]3CC[C@]4(C)[C@H]5C(=O)C=C6[C@@H]7C[C@@](C)(C(=O)O)CC[C@]7(C)CC[C@@]6(C)[C@]5(C)CC[C@H]4C3(C)C)O[C@H](C(=O)N[C@H](C(=O)OC)C(C)C)[C@@H](O)[C@@H]2O)[C@H](O)[C@@H](O)[C@@H]1O)C(C)C. The van der Waals surface area contributed by atoms with E-state index in [0.29, 0.717) is 38.5 Å². The van der Waals surface area contributed by atoms with E-state index in [2.05, 4.69) is 38.3 Å². The highest BCUT2D eigenvalue weighted by atomic mass is 16.8. The van der Waals surface area contributed by atoms with E-state index in [9.17, 15) is 54.6 Å². The van der Waals surface area contributed by atoms with Gasteiger partial charge < -0.3 is 69.7 Å². The van der Waals surface area contributed by atoms with Crippen molar-refractivity contribution in [1.29, 1.82) is 0 Å². The third-order valence-electron chi connectivity index (χ3n) is 20.1. The van der Waals surface area contributed by atoms with Crippen LogP contribution in [-0.2, 0) is 57.2 Å². The first kappa shape index (κ1) is 58.1. The second-order valence-electron chi connectivity index (χ2n) is 25.5. The highest BCUT2D eigenvalue weighted by Crippen LogP contribution is 2.75. The maximum Gasteiger partial charge on any atom is 0.328 e. The van der Waals surface area contributed by atoms with Crippen LogP contribution in [0.25, 0.3) is 0 Å². The Morgan fingerprint density at radius 1 is 0.662 bits per heavy atom. The van der Waals surface area contributed by atoms with Crippen LogP contribution in [-0.4, -0.2) is 160 Å². The second kappa shape index (κ2) is 20.6. The number of aliphatic hydroxyl groups excluding tert-OH is 5. The van der Waals surface area contributed by atoms with E-state index >= 15 is 4.79 Å². The molecule has 0 aromatic carbocycles. The van der Waals surface area contributed by atoms with E-state index in [1.165, 1.54) is 0 Å². The van der Waals surface area contributed by atoms with Gasteiger partial charge in [-0.3, -0.25) is 19.2 Å². The number of hydrogen-bond donors (Lipinski definition) is 8. The Hall–Kier alpha value is -3.60. The summed E-state index contributed by atoms with van der Waals surface area (Å²) in [6.07, 6.45) is -12.7. The number of ketones is 1. The third kappa shape index (κ3) is 9.55. The highest BCUT2D eigenvalue weighted by molar-refractivity contribution is 5.96. The number of carbonyl (C=O) groups is 6. The predicted molar refractivity (Wildman–Crippen MR) is 262 cm³/mol. The van der Waals surface area contributed by atoms with Gasteiger partial charge in [-0.15, -0.1) is 0 Å². The van der Waals surface area contributed by atoms with E-state index in [0.717, 1.165) is 39.1 Å². The summed E-state index contributed by atoms with van der Waals surface area (Å²) >= 11 is 0. The molecular formula is C54H84N2O18. The Morgan fingerprint density at radius 2 is 1.19 bits per heavy atom. The summed E-state index contributed by atoms with van der Waals surface area (Å²) in [4.78, 5) is 80.7. The van der Waals surface area contributed by atoms with Crippen molar-refractivity contribution >= 4 is 35.5 Å². The quantitative estimate of drug-likeness (QED) is 0.0972. The van der Waals surface area contributed by atoms with Crippen LogP contribution in [0.3, 0.4) is 0 Å². The smallest absolute Gasteiger partial charge is 0.328 e. The van der Waals surface area contributed by atoms with E-state index in [-0.39, 0.29) is 28.4 Å². The average molecular weight is 1050 g/mol. The molecule has 0 aromatic rings. The molecule has 0 unspecified atom stereocenters. The van der Waals surface area contributed by atoms with Gasteiger partial charge in [0.15, 0.2) is 30.6 Å². The van der Waals surface area contributed by atoms with Crippen LogP contribution in [0, 0.1) is 62.1 Å². The zero-order valence-corrected chi connectivity index (χ0v) is 45.4. The number of nitrogens with one attached hydrogen (secondary N) is 2. The molecule has 4 saturated carbocycles. The van der Waals surface area contributed by atoms with Gasteiger partial charge in [-0.2, -0.15) is 0 Å². The van der Waals surface area contributed by atoms with Crippen molar-refractivity contribution in [3.8, 4) is 0 Å². The molecule has 0 aromatic heterocycles. The van der Waals surface area contributed by atoms with Crippen LogP contribution >= 0.6 is 0 Å². The number of esters is 2. The van der Waals surface area contributed by atoms with Gasteiger partial charge in [0, 0.05) is 5.92 Å². The molecule has 418 valence electrons. The molecule has 8 N–H and O–H groups in total. The molecule has 2 aliphatic heterocycles. The molecule has 74 heavy (non-hydrogen) atoms. The number of amides is 2. The van der Waals surface area contributed by atoms with Crippen molar-refractivity contribution in [1.82, 2.24) is 10.6 Å². The van der Waals surface area contributed by atoms with E-state index in [1.54, 1.807) is 27.7 Å². The zero-order valence-electron chi connectivity index (χ0n) is 45.4. The largest absolute Gasteiger partial charge is 0.481 e. The second-order valence-corrected chi connectivity index (χ2v) is 25.5. The zero-order chi connectivity index (χ0) is 55.2. The Balaban J connectivity index is 1.20. The Kier molecular flexibility index (Phi) is 16.2. The van der Waals surface area contributed by atoms with Crippen molar-refractivity contribution in [2.24, 2.45) is 62.1 Å². The fourth-order valence-electron chi connectivity index (χ4n) is 15.1. The molecule has 0 bridgehead atoms. The maximum absolute atomic E-state index is 15.1. The van der Waals surface area contributed by atoms with Gasteiger partial charge in [-0.05, 0) is 122 Å². The molecule has 0 radical (unpaired) electrons. The molecule has 7 aliphatic rings. The molecule has 21 atom stereocenters. The first-order chi connectivity index (χ1) is 34.3. The first-order valence-electron chi connectivity index (χ1n) is 26.6. The minimum absolute atomic E-state index is 0.0475. The van der Waals surface area contributed by atoms with Gasteiger partial charge in [0.2, 0.25) is 0 Å². The van der Waals surface area contributed by atoms with Crippen molar-refractivity contribution in [3.05, 3.63) is 11.6 Å². The number of ether oxygens (including phenoxy) is 6. The van der Waals surface area contributed by atoms with Crippen molar-refractivity contribution in [3.63, 3.8) is 0 Å². The Labute approximate surface area is 434 Å². The van der Waals surface area contributed by atoms with E-state index in [4.69, 9.17) is 28.4 Å². The number of carboxylic acid groups (broad SMARTS) is 1. The summed E-state index contributed by atoms with van der Waals surface area (Å²) in [5.74, 6) is -5.94. The molecule has 20 heteroatoms. The Bertz CT molecular complexity index is 2220. The fraction of sp³-hybridized carbons (Fsp3) is 0.852. The average Bonchev–Trinajstić information content (AvgIpc) is 3.33. The summed E-state index contributed by atoms with van der Waals surface area (Å²) in [7, 11) is 2.28. The molecule has 5 aliphatic carbocycles. The lowest BCUT2D eigenvalue weighted by atomic mass is 9.33.